The SMILES string of the molecule is CN(CC1COc2ccccc2O1)C(=O)Cn1c(=O)n(C)c2ccccc21. The molecule has 1 atom stereocenters. The number of aromatic nitrogens is 2. The van der Waals surface area contributed by atoms with Crippen molar-refractivity contribution < 1.29 is 14.3 Å². The van der Waals surface area contributed by atoms with Crippen LogP contribution < -0.4 is 15.2 Å². The predicted octanol–water partition coefficient (Wildman–Crippen LogP) is 1.64. The minimum atomic E-state index is -0.252. The fourth-order valence-electron chi connectivity index (χ4n) is 3.33. The minimum Gasteiger partial charge on any atom is -0.486 e. The van der Waals surface area contributed by atoms with Crippen LogP contribution in [-0.2, 0) is 18.4 Å². The first-order valence-electron chi connectivity index (χ1n) is 8.81. The molecule has 1 amide bonds. The first-order chi connectivity index (χ1) is 13.0. The number of ether oxygens (including phenoxy) is 2. The van der Waals surface area contributed by atoms with Crippen molar-refractivity contribution in [2.75, 3.05) is 20.2 Å². The van der Waals surface area contributed by atoms with E-state index in [4.69, 9.17) is 9.47 Å². The van der Waals surface area contributed by atoms with Crippen LogP contribution in [0.3, 0.4) is 0 Å². The molecule has 0 aliphatic carbocycles. The normalized spacial score (nSPS) is 15.7. The number of aryl methyl sites for hydroxylation is 1. The highest BCUT2D eigenvalue weighted by Gasteiger charge is 2.24. The van der Waals surface area contributed by atoms with E-state index in [1.807, 2.05) is 48.5 Å². The number of rotatable bonds is 4. The Kier molecular flexibility index (Phi) is 4.35. The fourth-order valence-corrected chi connectivity index (χ4v) is 3.33. The number of para-hydroxylation sites is 4. The Morgan fingerprint density at radius 1 is 1.11 bits per heavy atom. The second-order valence-electron chi connectivity index (χ2n) is 6.69. The molecule has 7 nitrogen and oxygen atoms in total. The second kappa shape index (κ2) is 6.83. The summed E-state index contributed by atoms with van der Waals surface area (Å²) in [5.41, 5.74) is 1.35. The molecule has 7 heteroatoms. The Hall–Kier alpha value is -3.22. The predicted molar refractivity (Wildman–Crippen MR) is 101 cm³/mol. The summed E-state index contributed by atoms with van der Waals surface area (Å²) in [6.07, 6.45) is -0.252. The third-order valence-corrected chi connectivity index (χ3v) is 4.82. The molecule has 3 aromatic rings. The summed E-state index contributed by atoms with van der Waals surface area (Å²) in [5, 5.41) is 0. The van der Waals surface area contributed by atoms with E-state index in [-0.39, 0.29) is 24.2 Å². The summed E-state index contributed by atoms with van der Waals surface area (Å²) in [6, 6.07) is 14.9. The average Bonchev–Trinajstić information content (AvgIpc) is 2.93. The van der Waals surface area contributed by atoms with E-state index in [0.717, 1.165) is 11.0 Å². The molecular formula is C20H21N3O4. The van der Waals surface area contributed by atoms with E-state index < -0.39 is 0 Å². The van der Waals surface area contributed by atoms with Crippen molar-refractivity contribution in [3.63, 3.8) is 0 Å². The Labute approximate surface area is 156 Å². The van der Waals surface area contributed by atoms with Crippen molar-refractivity contribution in [2.45, 2.75) is 12.6 Å². The largest absolute Gasteiger partial charge is 0.486 e. The van der Waals surface area contributed by atoms with Gasteiger partial charge in [-0.05, 0) is 24.3 Å². The smallest absolute Gasteiger partial charge is 0.329 e. The van der Waals surface area contributed by atoms with E-state index in [1.165, 1.54) is 4.57 Å². The number of fused-ring (bicyclic) bond motifs is 2. The summed E-state index contributed by atoms with van der Waals surface area (Å²) in [6.45, 7) is 0.746. The quantitative estimate of drug-likeness (QED) is 0.703. The Bertz CT molecular complexity index is 1050. The summed E-state index contributed by atoms with van der Waals surface area (Å²) in [7, 11) is 3.42. The van der Waals surface area contributed by atoms with Crippen molar-refractivity contribution in [2.24, 2.45) is 7.05 Å². The van der Waals surface area contributed by atoms with Crippen molar-refractivity contribution in [3.05, 3.63) is 59.0 Å². The van der Waals surface area contributed by atoms with Crippen LogP contribution in [0.4, 0.5) is 0 Å². The first-order valence-corrected chi connectivity index (χ1v) is 8.81. The zero-order valence-electron chi connectivity index (χ0n) is 15.3. The van der Waals surface area contributed by atoms with Gasteiger partial charge in [0.2, 0.25) is 5.91 Å². The number of likely N-dealkylation sites (N-methyl/N-ethyl adjacent to an activating group) is 1. The summed E-state index contributed by atoms with van der Waals surface area (Å²) >= 11 is 0. The van der Waals surface area contributed by atoms with Gasteiger partial charge in [0.05, 0.1) is 17.6 Å². The number of nitrogens with zero attached hydrogens (tertiary/aromatic N) is 3. The van der Waals surface area contributed by atoms with Gasteiger partial charge in [0.15, 0.2) is 17.6 Å². The maximum absolute atomic E-state index is 12.7. The highest BCUT2D eigenvalue weighted by atomic mass is 16.6. The van der Waals surface area contributed by atoms with Crippen LogP contribution in [-0.4, -0.2) is 46.2 Å². The van der Waals surface area contributed by atoms with Crippen LogP contribution in [0, 0.1) is 0 Å². The molecule has 140 valence electrons. The molecule has 27 heavy (non-hydrogen) atoms. The molecule has 0 fully saturated rings. The third kappa shape index (κ3) is 3.16. The molecule has 4 rings (SSSR count). The number of carbonyl (C=O) groups excluding carboxylic acids is 1. The van der Waals surface area contributed by atoms with Gasteiger partial charge in [0.25, 0.3) is 0 Å². The van der Waals surface area contributed by atoms with Crippen LogP contribution in [0.15, 0.2) is 53.3 Å². The zero-order valence-corrected chi connectivity index (χ0v) is 15.3. The number of imidazole rings is 1. The van der Waals surface area contributed by atoms with Crippen LogP contribution >= 0.6 is 0 Å². The van der Waals surface area contributed by atoms with Gasteiger partial charge < -0.3 is 14.4 Å². The Balaban J connectivity index is 1.47. The minimum absolute atomic E-state index is 0.0130. The van der Waals surface area contributed by atoms with Crippen molar-refractivity contribution in [3.8, 4) is 11.5 Å². The Morgan fingerprint density at radius 2 is 1.78 bits per heavy atom. The van der Waals surface area contributed by atoms with Gasteiger partial charge in [-0.1, -0.05) is 24.3 Å². The van der Waals surface area contributed by atoms with Crippen LogP contribution in [0.25, 0.3) is 11.0 Å². The fraction of sp³-hybridized carbons (Fsp3) is 0.300. The second-order valence-corrected chi connectivity index (χ2v) is 6.69. The molecule has 0 saturated heterocycles. The standard InChI is InChI=1S/C20H21N3O4/c1-21(11-14-13-26-17-9-5-6-10-18(17)27-14)19(24)12-23-16-8-4-3-7-15(16)22(2)20(23)25/h3-10,14H,11-13H2,1-2H3. The average molecular weight is 367 g/mol. The number of benzene rings is 2. The molecule has 0 radical (unpaired) electrons. The van der Waals surface area contributed by atoms with Crippen molar-refractivity contribution >= 4 is 16.9 Å². The molecule has 2 heterocycles. The maximum atomic E-state index is 12.7. The van der Waals surface area contributed by atoms with Gasteiger partial charge in [0, 0.05) is 14.1 Å². The number of hydrogen-bond acceptors (Lipinski definition) is 4. The summed E-state index contributed by atoms with van der Waals surface area (Å²) in [4.78, 5) is 26.8. The summed E-state index contributed by atoms with van der Waals surface area (Å²) in [5.74, 6) is 1.24. The monoisotopic (exact) mass is 367 g/mol. The van der Waals surface area contributed by atoms with Crippen LogP contribution in [0.1, 0.15) is 0 Å². The zero-order chi connectivity index (χ0) is 19.0. The Morgan fingerprint density at radius 3 is 2.56 bits per heavy atom. The number of carbonyl (C=O) groups is 1. The molecule has 0 N–H and O–H groups in total. The molecule has 1 aliphatic rings. The lowest BCUT2D eigenvalue weighted by Gasteiger charge is -2.29. The lowest BCUT2D eigenvalue weighted by atomic mass is 10.2. The van der Waals surface area contributed by atoms with Gasteiger partial charge in [-0.2, -0.15) is 0 Å². The lowest BCUT2D eigenvalue weighted by molar-refractivity contribution is -0.131. The van der Waals surface area contributed by atoms with Gasteiger partial charge in [-0.25, -0.2) is 4.79 Å². The van der Waals surface area contributed by atoms with E-state index >= 15 is 0 Å². The van der Waals surface area contributed by atoms with Gasteiger partial charge in [-0.3, -0.25) is 13.9 Å². The van der Waals surface area contributed by atoms with E-state index in [1.54, 1.807) is 23.6 Å². The number of hydrogen-bond donors (Lipinski definition) is 0. The summed E-state index contributed by atoms with van der Waals surface area (Å²) < 4.78 is 14.7. The first kappa shape index (κ1) is 17.2. The molecular weight excluding hydrogens is 346 g/mol. The van der Waals surface area contributed by atoms with E-state index in [2.05, 4.69) is 0 Å². The van der Waals surface area contributed by atoms with Crippen LogP contribution in [0.2, 0.25) is 0 Å². The van der Waals surface area contributed by atoms with Gasteiger partial charge in [-0.15, -0.1) is 0 Å². The highest BCUT2D eigenvalue weighted by Crippen LogP contribution is 2.30. The maximum Gasteiger partial charge on any atom is 0.329 e. The molecule has 1 unspecified atom stereocenters. The van der Waals surface area contributed by atoms with E-state index in [9.17, 15) is 9.59 Å². The molecule has 1 aromatic heterocycles. The topological polar surface area (TPSA) is 65.7 Å². The lowest BCUT2D eigenvalue weighted by Crippen LogP contribution is -2.43. The molecule has 0 spiro atoms. The molecule has 0 saturated carbocycles. The molecule has 1 aliphatic heterocycles. The van der Waals surface area contributed by atoms with Crippen LogP contribution in [0.5, 0.6) is 11.5 Å². The van der Waals surface area contributed by atoms with Crippen molar-refractivity contribution in [1.82, 2.24) is 14.0 Å². The molecule has 2 aromatic carbocycles. The van der Waals surface area contributed by atoms with Gasteiger partial charge in [0.1, 0.15) is 13.2 Å². The third-order valence-electron chi connectivity index (χ3n) is 4.82. The molecule has 0 bridgehead atoms. The van der Waals surface area contributed by atoms with Crippen molar-refractivity contribution in [1.29, 1.82) is 0 Å². The van der Waals surface area contributed by atoms with Gasteiger partial charge >= 0.3 is 5.69 Å². The highest BCUT2D eigenvalue weighted by molar-refractivity contribution is 5.80. The van der Waals surface area contributed by atoms with E-state index in [0.29, 0.717) is 24.7 Å². The number of amides is 1.